The molecule has 0 unspecified atom stereocenters. The second kappa shape index (κ2) is 8.61. The molecule has 34 heavy (non-hydrogen) atoms. The summed E-state index contributed by atoms with van der Waals surface area (Å²) in [4.78, 5) is 25.6. The molecule has 0 bridgehead atoms. The number of halogens is 2. The van der Waals surface area contributed by atoms with Crippen molar-refractivity contribution in [2.75, 3.05) is 12.4 Å². The summed E-state index contributed by atoms with van der Waals surface area (Å²) in [5.41, 5.74) is 0.579. The van der Waals surface area contributed by atoms with Gasteiger partial charge in [-0.3, -0.25) is 9.78 Å². The maximum Gasteiger partial charge on any atom is 0.227 e. The highest BCUT2D eigenvalue weighted by molar-refractivity contribution is 9.10. The van der Waals surface area contributed by atoms with Gasteiger partial charge in [-0.05, 0) is 47.3 Å². The third kappa shape index (κ3) is 3.74. The smallest absolute Gasteiger partial charge is 0.227 e. The Labute approximate surface area is 202 Å². The van der Waals surface area contributed by atoms with Crippen LogP contribution < -0.4 is 10.6 Å². The van der Waals surface area contributed by atoms with Gasteiger partial charge in [0.2, 0.25) is 11.9 Å². The number of benzene rings is 1. The quantitative estimate of drug-likeness (QED) is 0.407. The first-order chi connectivity index (χ1) is 16.4. The summed E-state index contributed by atoms with van der Waals surface area (Å²) in [6.07, 6.45) is 5.18. The molecule has 1 amide bonds. The van der Waals surface area contributed by atoms with Gasteiger partial charge in [0.15, 0.2) is 11.5 Å². The number of aromatic nitrogens is 5. The predicted octanol–water partition coefficient (Wildman–Crippen LogP) is 3.88. The molecule has 1 aliphatic rings. The normalized spacial score (nSPS) is 19.9. The molecule has 172 valence electrons. The zero-order valence-corrected chi connectivity index (χ0v) is 19.8. The van der Waals surface area contributed by atoms with Crippen LogP contribution in [0.2, 0.25) is 0 Å². The summed E-state index contributed by atoms with van der Waals surface area (Å²) < 4.78 is 16.8. The molecule has 11 heteroatoms. The average Bonchev–Trinajstić information content (AvgIpc) is 3.40. The van der Waals surface area contributed by atoms with Crippen molar-refractivity contribution in [1.29, 1.82) is 5.26 Å². The van der Waals surface area contributed by atoms with Crippen LogP contribution in [0.15, 0.2) is 41.3 Å². The highest BCUT2D eigenvalue weighted by Crippen LogP contribution is 2.42. The fourth-order valence-electron chi connectivity index (χ4n) is 4.67. The summed E-state index contributed by atoms with van der Waals surface area (Å²) in [5.74, 6) is -0.197. The fraction of sp³-hybridized carbons (Fsp3) is 0.304. The third-order valence-electron chi connectivity index (χ3n) is 6.33. The van der Waals surface area contributed by atoms with Gasteiger partial charge in [-0.1, -0.05) is 6.07 Å². The first-order valence-electron chi connectivity index (χ1n) is 10.8. The maximum atomic E-state index is 14.7. The van der Waals surface area contributed by atoms with E-state index in [1.807, 2.05) is 0 Å². The van der Waals surface area contributed by atoms with Crippen molar-refractivity contribution in [2.24, 2.45) is 5.41 Å². The zero-order valence-electron chi connectivity index (χ0n) is 18.2. The number of pyridine rings is 1. The molecule has 0 spiro atoms. The first kappa shape index (κ1) is 22.2. The van der Waals surface area contributed by atoms with Crippen LogP contribution in [0.4, 0.5) is 10.3 Å². The Hall–Kier alpha value is -3.65. The van der Waals surface area contributed by atoms with Crippen molar-refractivity contribution in [1.82, 2.24) is 30.0 Å². The van der Waals surface area contributed by atoms with Crippen molar-refractivity contribution in [3.8, 4) is 11.8 Å². The second-order valence-electron chi connectivity index (χ2n) is 8.41. The number of hydrogen-bond acceptors (Lipinski definition) is 7. The van der Waals surface area contributed by atoms with Crippen LogP contribution in [0.25, 0.3) is 27.6 Å². The summed E-state index contributed by atoms with van der Waals surface area (Å²) in [6, 6.07) is 8.80. The van der Waals surface area contributed by atoms with Crippen molar-refractivity contribution in [3.63, 3.8) is 0 Å². The van der Waals surface area contributed by atoms with E-state index in [9.17, 15) is 14.4 Å². The largest absolute Gasteiger partial charge is 0.359 e. The average molecular weight is 523 g/mol. The van der Waals surface area contributed by atoms with Gasteiger partial charge >= 0.3 is 0 Å². The fourth-order valence-corrected chi connectivity index (χ4v) is 5.11. The lowest BCUT2D eigenvalue weighted by molar-refractivity contribution is -0.130. The molecule has 1 aromatic carbocycles. The number of nitrogens with one attached hydrogen (secondary N) is 2. The molecule has 1 saturated carbocycles. The van der Waals surface area contributed by atoms with Crippen LogP contribution in [0.5, 0.6) is 0 Å². The van der Waals surface area contributed by atoms with Crippen LogP contribution >= 0.6 is 15.9 Å². The summed E-state index contributed by atoms with van der Waals surface area (Å²) in [6.45, 7) is 0. The molecular formula is C23H20BrFN8O. The van der Waals surface area contributed by atoms with E-state index in [2.05, 4.69) is 52.7 Å². The lowest BCUT2D eigenvalue weighted by atomic mass is 9.82. The predicted molar refractivity (Wildman–Crippen MR) is 128 cm³/mol. The monoisotopic (exact) mass is 522 g/mol. The van der Waals surface area contributed by atoms with Gasteiger partial charge in [-0.2, -0.15) is 15.3 Å². The van der Waals surface area contributed by atoms with Crippen LogP contribution in [-0.2, 0) is 4.79 Å². The minimum absolute atomic E-state index is 0.0629. The second-order valence-corrected chi connectivity index (χ2v) is 9.17. The Morgan fingerprint density at radius 1 is 1.41 bits per heavy atom. The van der Waals surface area contributed by atoms with Gasteiger partial charge in [0, 0.05) is 43.4 Å². The molecule has 1 fully saturated rings. The van der Waals surface area contributed by atoms with Crippen LogP contribution in [0, 0.1) is 22.6 Å². The topological polar surface area (TPSA) is 121 Å². The third-order valence-corrected chi connectivity index (χ3v) is 6.92. The molecule has 5 rings (SSSR count). The highest BCUT2D eigenvalue weighted by Gasteiger charge is 2.45. The number of nitriles is 1. The van der Waals surface area contributed by atoms with E-state index in [-0.39, 0.29) is 23.9 Å². The Bertz CT molecular complexity index is 1460. The Morgan fingerprint density at radius 3 is 3.06 bits per heavy atom. The van der Waals surface area contributed by atoms with Gasteiger partial charge in [0.25, 0.3) is 0 Å². The van der Waals surface area contributed by atoms with E-state index < -0.39 is 11.2 Å². The molecular weight excluding hydrogens is 503 g/mol. The number of hydrogen-bond donors (Lipinski definition) is 2. The zero-order chi connectivity index (χ0) is 23.9. The van der Waals surface area contributed by atoms with Gasteiger partial charge in [0.05, 0.1) is 22.6 Å². The number of amides is 1. The Morgan fingerprint density at radius 2 is 2.26 bits per heavy atom. The lowest BCUT2D eigenvalue weighted by Gasteiger charge is -2.24. The molecule has 3 aromatic heterocycles. The van der Waals surface area contributed by atoms with Crippen LogP contribution in [0.3, 0.4) is 0 Å². The van der Waals surface area contributed by atoms with E-state index in [4.69, 9.17) is 0 Å². The number of carbonyl (C=O) groups is 1. The number of nitrogens with zero attached hydrogens (tertiary/aromatic N) is 6. The van der Waals surface area contributed by atoms with Gasteiger partial charge in [0.1, 0.15) is 10.1 Å². The molecule has 2 atom stereocenters. The van der Waals surface area contributed by atoms with Crippen molar-refractivity contribution >= 4 is 49.7 Å². The van der Waals surface area contributed by atoms with Crippen molar-refractivity contribution in [2.45, 2.75) is 31.7 Å². The lowest BCUT2D eigenvalue weighted by Crippen LogP contribution is -2.38. The number of carbonyl (C=O) groups excluding carboxylic acids is 1. The standard InChI is InChI=1S/C23H20BrFN8O/c1-27-21(34)23(6-7-26)5-4-14(11-23)30-22-29-12-16-19(24)32-33(20(16)31-22)15-9-13-3-2-8-28-18(13)17(25)10-15/h2-3,8-10,12,14H,4-6,11H2,1H3,(H,27,34)(H,29,30,31)/t14-,23+/m1/s1. The maximum absolute atomic E-state index is 14.7. The summed E-state index contributed by atoms with van der Waals surface area (Å²) in [5, 5.41) is 21.0. The van der Waals surface area contributed by atoms with Gasteiger partial charge in [-0.15, -0.1) is 0 Å². The van der Waals surface area contributed by atoms with Gasteiger partial charge < -0.3 is 10.6 Å². The van der Waals surface area contributed by atoms with Crippen LogP contribution in [0.1, 0.15) is 25.7 Å². The summed E-state index contributed by atoms with van der Waals surface area (Å²) in [7, 11) is 1.59. The van der Waals surface area contributed by atoms with E-state index in [0.29, 0.717) is 51.9 Å². The van der Waals surface area contributed by atoms with Gasteiger partial charge in [-0.25, -0.2) is 14.1 Å². The molecule has 9 nitrogen and oxygen atoms in total. The highest BCUT2D eigenvalue weighted by atomic mass is 79.9. The minimum atomic E-state index is -0.716. The molecule has 4 aromatic rings. The number of rotatable bonds is 5. The minimum Gasteiger partial charge on any atom is -0.359 e. The van der Waals surface area contributed by atoms with E-state index in [0.717, 1.165) is 0 Å². The SMILES string of the molecule is CNC(=O)[C@]1(CC#N)CC[C@@H](Nc2ncc3c(Br)nn(-c4cc(F)c5ncccc5c4)c3n2)C1. The Balaban J connectivity index is 1.49. The first-order valence-corrected chi connectivity index (χ1v) is 11.5. The van der Waals surface area contributed by atoms with Crippen molar-refractivity contribution in [3.05, 3.63) is 47.1 Å². The van der Waals surface area contributed by atoms with E-state index >= 15 is 0 Å². The molecule has 0 saturated heterocycles. The Kier molecular flexibility index (Phi) is 5.61. The number of anilines is 1. The summed E-state index contributed by atoms with van der Waals surface area (Å²) >= 11 is 3.44. The molecule has 1 aliphatic carbocycles. The van der Waals surface area contributed by atoms with Crippen LogP contribution in [-0.4, -0.2) is 43.7 Å². The molecule has 2 N–H and O–H groups in total. The molecule has 0 radical (unpaired) electrons. The molecule has 0 aliphatic heterocycles. The number of fused-ring (bicyclic) bond motifs is 2. The molecule has 3 heterocycles. The van der Waals surface area contributed by atoms with E-state index in [1.165, 1.54) is 6.07 Å². The van der Waals surface area contributed by atoms with Crippen molar-refractivity contribution < 1.29 is 9.18 Å². The van der Waals surface area contributed by atoms with E-state index in [1.54, 1.807) is 42.3 Å².